The molecule has 3 nitrogen and oxygen atoms in total. The van der Waals surface area contributed by atoms with Crippen molar-refractivity contribution in [2.45, 2.75) is 24.4 Å². The third-order valence-electron chi connectivity index (χ3n) is 2.52. The van der Waals surface area contributed by atoms with Gasteiger partial charge in [-0.25, -0.2) is 14.1 Å². The number of alkyl halides is 3. The third kappa shape index (κ3) is 2.73. The van der Waals surface area contributed by atoms with Gasteiger partial charge in [0.15, 0.2) is 0 Å². The summed E-state index contributed by atoms with van der Waals surface area (Å²) < 4.78 is 51.7. The molecule has 0 fully saturated rings. The van der Waals surface area contributed by atoms with Crippen LogP contribution in [0, 0.1) is 5.82 Å². The summed E-state index contributed by atoms with van der Waals surface area (Å²) in [6.07, 6.45) is -3.27. The summed E-state index contributed by atoms with van der Waals surface area (Å²) in [5.74, 6) is -1.99. The molecule has 0 saturated carbocycles. The van der Waals surface area contributed by atoms with E-state index < -0.39 is 17.8 Å². The van der Waals surface area contributed by atoms with Crippen molar-refractivity contribution in [2.24, 2.45) is 0 Å². The van der Waals surface area contributed by atoms with Crippen molar-refractivity contribution in [3.63, 3.8) is 0 Å². The Bertz CT molecular complexity index is 606. The van der Waals surface area contributed by atoms with E-state index in [1.807, 2.05) is 6.92 Å². The van der Waals surface area contributed by atoms with Crippen molar-refractivity contribution in [1.82, 2.24) is 14.8 Å². The van der Waals surface area contributed by atoms with E-state index in [9.17, 15) is 17.6 Å². The van der Waals surface area contributed by atoms with Crippen LogP contribution in [0.4, 0.5) is 17.6 Å². The maximum Gasteiger partial charge on any atom is 0.453 e. The zero-order chi connectivity index (χ0) is 14.2. The molecule has 0 saturated heterocycles. The SMILES string of the molecule is CCc1cc(F)c(-n2cnc(C(F)(F)F)n2)cc1S. The number of halogens is 4. The van der Waals surface area contributed by atoms with Crippen LogP contribution in [-0.2, 0) is 12.6 Å². The number of hydrogen-bond acceptors (Lipinski definition) is 3. The molecule has 0 amide bonds. The standard InChI is InChI=1S/C11H9F4N3S/c1-2-6-3-7(12)8(4-9(6)19)18-5-16-10(17-18)11(13,14)15/h3-5,19H,2H2,1H3. The number of rotatable bonds is 2. The fourth-order valence-electron chi connectivity index (χ4n) is 1.56. The van der Waals surface area contributed by atoms with E-state index in [2.05, 4.69) is 22.7 Å². The van der Waals surface area contributed by atoms with Gasteiger partial charge in [0.05, 0.1) is 0 Å². The summed E-state index contributed by atoms with van der Waals surface area (Å²) in [6, 6.07) is 2.55. The van der Waals surface area contributed by atoms with Crippen LogP contribution in [0.5, 0.6) is 0 Å². The molecule has 1 aromatic heterocycles. The molecule has 0 unspecified atom stereocenters. The first-order valence-electron chi connectivity index (χ1n) is 5.33. The summed E-state index contributed by atoms with van der Waals surface area (Å²) in [4.78, 5) is 3.60. The van der Waals surface area contributed by atoms with Gasteiger partial charge in [0.2, 0.25) is 0 Å². The predicted octanol–water partition coefficient (Wildman–Crippen LogP) is 3.28. The molecular weight excluding hydrogens is 282 g/mol. The normalized spacial score (nSPS) is 11.9. The van der Waals surface area contributed by atoms with Crippen LogP contribution in [0.2, 0.25) is 0 Å². The van der Waals surface area contributed by atoms with Crippen LogP contribution in [0.3, 0.4) is 0 Å². The number of thiol groups is 1. The molecule has 0 atom stereocenters. The van der Waals surface area contributed by atoms with E-state index in [0.29, 0.717) is 16.9 Å². The highest BCUT2D eigenvalue weighted by Gasteiger charge is 2.36. The quantitative estimate of drug-likeness (QED) is 0.680. The average molecular weight is 291 g/mol. The van der Waals surface area contributed by atoms with Crippen molar-refractivity contribution < 1.29 is 17.6 Å². The van der Waals surface area contributed by atoms with Gasteiger partial charge in [-0.3, -0.25) is 0 Å². The van der Waals surface area contributed by atoms with Gasteiger partial charge in [0.1, 0.15) is 17.8 Å². The highest BCUT2D eigenvalue weighted by molar-refractivity contribution is 7.80. The molecule has 2 aromatic rings. The molecule has 0 bridgehead atoms. The van der Waals surface area contributed by atoms with E-state index in [-0.39, 0.29) is 5.69 Å². The van der Waals surface area contributed by atoms with E-state index in [1.165, 1.54) is 12.1 Å². The van der Waals surface area contributed by atoms with Crippen LogP contribution in [0.1, 0.15) is 18.3 Å². The molecule has 0 aliphatic heterocycles. The fraction of sp³-hybridized carbons (Fsp3) is 0.273. The Morgan fingerprint density at radius 1 is 1.32 bits per heavy atom. The Balaban J connectivity index is 2.48. The summed E-state index contributed by atoms with van der Waals surface area (Å²) >= 11 is 4.16. The Kier molecular flexibility index (Phi) is 3.53. The minimum absolute atomic E-state index is 0.120. The van der Waals surface area contributed by atoms with Gasteiger partial charge in [-0.15, -0.1) is 17.7 Å². The molecule has 19 heavy (non-hydrogen) atoms. The van der Waals surface area contributed by atoms with Crippen LogP contribution < -0.4 is 0 Å². The van der Waals surface area contributed by atoms with Crippen LogP contribution in [0.15, 0.2) is 23.4 Å². The largest absolute Gasteiger partial charge is 0.453 e. The molecule has 0 aliphatic carbocycles. The lowest BCUT2D eigenvalue weighted by atomic mass is 10.1. The van der Waals surface area contributed by atoms with E-state index in [1.54, 1.807) is 0 Å². The van der Waals surface area contributed by atoms with Gasteiger partial charge in [0.25, 0.3) is 5.82 Å². The lowest BCUT2D eigenvalue weighted by molar-refractivity contribution is -0.144. The molecule has 0 aliphatic rings. The average Bonchev–Trinajstić information content (AvgIpc) is 2.80. The number of aromatic nitrogens is 3. The minimum atomic E-state index is -4.66. The van der Waals surface area contributed by atoms with E-state index in [4.69, 9.17) is 0 Å². The summed E-state index contributed by atoms with van der Waals surface area (Å²) in [5, 5.41) is 3.22. The van der Waals surface area contributed by atoms with Crippen molar-refractivity contribution in [2.75, 3.05) is 0 Å². The molecule has 0 radical (unpaired) electrons. The van der Waals surface area contributed by atoms with Crippen molar-refractivity contribution in [3.8, 4) is 5.69 Å². The lowest BCUT2D eigenvalue weighted by Crippen LogP contribution is -2.09. The van der Waals surface area contributed by atoms with Gasteiger partial charge in [0, 0.05) is 4.90 Å². The van der Waals surface area contributed by atoms with Crippen molar-refractivity contribution in [1.29, 1.82) is 0 Å². The first-order valence-corrected chi connectivity index (χ1v) is 5.78. The topological polar surface area (TPSA) is 30.7 Å². The molecular formula is C11H9F4N3S. The Morgan fingerprint density at radius 2 is 2.00 bits per heavy atom. The highest BCUT2D eigenvalue weighted by Crippen LogP contribution is 2.27. The second-order valence-electron chi connectivity index (χ2n) is 3.80. The first kappa shape index (κ1) is 13.9. The zero-order valence-corrected chi connectivity index (χ0v) is 10.6. The Hall–Kier alpha value is -1.57. The van der Waals surface area contributed by atoms with Gasteiger partial charge < -0.3 is 0 Å². The van der Waals surface area contributed by atoms with Gasteiger partial charge >= 0.3 is 6.18 Å². The molecule has 2 rings (SSSR count). The van der Waals surface area contributed by atoms with Gasteiger partial charge in [-0.05, 0) is 24.1 Å². The molecule has 8 heteroatoms. The van der Waals surface area contributed by atoms with Crippen LogP contribution in [0.25, 0.3) is 5.69 Å². The van der Waals surface area contributed by atoms with Crippen molar-refractivity contribution >= 4 is 12.6 Å². The number of nitrogens with zero attached hydrogens (tertiary/aromatic N) is 3. The molecule has 1 heterocycles. The minimum Gasteiger partial charge on any atom is -0.217 e. The predicted molar refractivity (Wildman–Crippen MR) is 62.9 cm³/mol. The maximum absolute atomic E-state index is 13.8. The van der Waals surface area contributed by atoms with Crippen LogP contribution in [-0.4, -0.2) is 14.8 Å². The summed E-state index contributed by atoms with van der Waals surface area (Å²) in [6.45, 7) is 1.82. The number of hydrogen-bond donors (Lipinski definition) is 1. The maximum atomic E-state index is 13.8. The second-order valence-corrected chi connectivity index (χ2v) is 4.28. The van der Waals surface area contributed by atoms with Crippen LogP contribution >= 0.6 is 12.6 Å². The first-order chi connectivity index (χ1) is 8.82. The van der Waals surface area contributed by atoms with E-state index in [0.717, 1.165) is 11.0 Å². The number of aryl methyl sites for hydroxylation is 1. The Labute approximate surface area is 111 Å². The monoisotopic (exact) mass is 291 g/mol. The van der Waals surface area contributed by atoms with E-state index >= 15 is 0 Å². The molecule has 1 aromatic carbocycles. The smallest absolute Gasteiger partial charge is 0.217 e. The summed E-state index contributed by atoms with van der Waals surface area (Å²) in [7, 11) is 0. The molecule has 0 N–H and O–H groups in total. The van der Waals surface area contributed by atoms with Gasteiger partial charge in [-0.1, -0.05) is 6.92 Å². The molecule has 0 spiro atoms. The number of benzene rings is 1. The molecule has 102 valence electrons. The third-order valence-corrected chi connectivity index (χ3v) is 2.94. The summed E-state index contributed by atoms with van der Waals surface area (Å²) in [5.41, 5.74) is 0.547. The fourth-order valence-corrected chi connectivity index (χ4v) is 1.90. The lowest BCUT2D eigenvalue weighted by Gasteiger charge is -2.07. The van der Waals surface area contributed by atoms with Crippen molar-refractivity contribution in [3.05, 3.63) is 35.7 Å². The second kappa shape index (κ2) is 4.84. The highest BCUT2D eigenvalue weighted by atomic mass is 32.1. The Morgan fingerprint density at radius 3 is 2.53 bits per heavy atom. The van der Waals surface area contributed by atoms with Gasteiger partial charge in [-0.2, -0.15) is 13.2 Å². The zero-order valence-electron chi connectivity index (χ0n) is 9.74.